The molecular weight excluding hydrogens is 252 g/mol. The number of alkyl halides is 1. The molecule has 4 nitrogen and oxygen atoms in total. The van der Waals surface area contributed by atoms with E-state index in [0.717, 1.165) is 43.3 Å². The van der Waals surface area contributed by atoms with Crippen LogP contribution in [-0.4, -0.2) is 37.7 Å². The van der Waals surface area contributed by atoms with Crippen LogP contribution in [0.1, 0.15) is 17.8 Å². The first-order chi connectivity index (χ1) is 8.76. The van der Waals surface area contributed by atoms with Crippen LogP contribution >= 0.6 is 11.6 Å². The van der Waals surface area contributed by atoms with Gasteiger partial charge in [-0.3, -0.25) is 4.98 Å². The van der Waals surface area contributed by atoms with Gasteiger partial charge in [-0.25, -0.2) is 0 Å². The second-order valence-electron chi connectivity index (χ2n) is 3.97. The second-order valence-corrected chi connectivity index (χ2v) is 4.35. The summed E-state index contributed by atoms with van der Waals surface area (Å²) in [6, 6.07) is 3.87. The largest absolute Gasteiger partial charge is 0.497 e. The zero-order chi connectivity index (χ0) is 13.2. The van der Waals surface area contributed by atoms with E-state index >= 15 is 0 Å². The minimum absolute atomic E-state index is 0.556. The first-order valence-electron chi connectivity index (χ1n) is 6.12. The standard InChI is InChI=1S/C13H21ClN2O2/c1-11-8-13(17-2)9-12(16-11)10-15-5-3-6-18-7-4-14/h8-9,15H,3-7,10H2,1-2H3. The van der Waals surface area contributed by atoms with Gasteiger partial charge in [-0.2, -0.15) is 0 Å². The molecule has 0 aliphatic carbocycles. The van der Waals surface area contributed by atoms with Crippen LogP contribution in [0.15, 0.2) is 12.1 Å². The topological polar surface area (TPSA) is 43.4 Å². The van der Waals surface area contributed by atoms with E-state index in [4.69, 9.17) is 21.1 Å². The Balaban J connectivity index is 2.20. The first-order valence-corrected chi connectivity index (χ1v) is 6.65. The van der Waals surface area contributed by atoms with Crippen LogP contribution in [0.3, 0.4) is 0 Å². The molecule has 1 aromatic heterocycles. The second kappa shape index (κ2) is 9.14. The molecule has 5 heteroatoms. The Kier molecular flexibility index (Phi) is 7.73. The molecule has 1 N–H and O–H groups in total. The quantitative estimate of drug-likeness (QED) is 0.552. The Hall–Kier alpha value is -0.840. The van der Waals surface area contributed by atoms with E-state index < -0.39 is 0 Å². The third kappa shape index (κ3) is 6.19. The summed E-state index contributed by atoms with van der Waals surface area (Å²) >= 11 is 5.50. The molecule has 0 atom stereocenters. The third-order valence-corrected chi connectivity index (χ3v) is 2.54. The fourth-order valence-electron chi connectivity index (χ4n) is 1.58. The van der Waals surface area contributed by atoms with Crippen molar-refractivity contribution >= 4 is 11.6 Å². The number of methoxy groups -OCH3 is 1. The van der Waals surface area contributed by atoms with E-state index in [1.54, 1.807) is 7.11 Å². The minimum atomic E-state index is 0.556. The van der Waals surface area contributed by atoms with Crippen molar-refractivity contribution in [1.29, 1.82) is 0 Å². The van der Waals surface area contributed by atoms with E-state index in [0.29, 0.717) is 12.5 Å². The van der Waals surface area contributed by atoms with Crippen LogP contribution in [-0.2, 0) is 11.3 Å². The Bertz CT molecular complexity index is 348. The number of ether oxygens (including phenoxy) is 2. The van der Waals surface area contributed by atoms with Gasteiger partial charge in [0.25, 0.3) is 0 Å². The van der Waals surface area contributed by atoms with Crippen LogP contribution < -0.4 is 10.1 Å². The Morgan fingerprint density at radius 1 is 1.33 bits per heavy atom. The van der Waals surface area contributed by atoms with Gasteiger partial charge in [0, 0.05) is 36.9 Å². The molecule has 0 unspecified atom stereocenters. The maximum atomic E-state index is 5.50. The highest BCUT2D eigenvalue weighted by atomic mass is 35.5. The molecule has 0 amide bonds. The van der Waals surface area contributed by atoms with Gasteiger partial charge < -0.3 is 14.8 Å². The summed E-state index contributed by atoms with van der Waals surface area (Å²) in [6.45, 7) is 4.97. The molecule has 18 heavy (non-hydrogen) atoms. The van der Waals surface area contributed by atoms with Gasteiger partial charge in [0.2, 0.25) is 0 Å². The van der Waals surface area contributed by atoms with Crippen LogP contribution in [0.5, 0.6) is 5.75 Å². The average molecular weight is 273 g/mol. The number of rotatable bonds is 9. The Morgan fingerprint density at radius 2 is 2.17 bits per heavy atom. The highest BCUT2D eigenvalue weighted by molar-refractivity contribution is 6.17. The van der Waals surface area contributed by atoms with Crippen molar-refractivity contribution in [1.82, 2.24) is 10.3 Å². The number of hydrogen-bond donors (Lipinski definition) is 1. The fraction of sp³-hybridized carbons (Fsp3) is 0.615. The zero-order valence-corrected chi connectivity index (χ0v) is 11.8. The lowest BCUT2D eigenvalue weighted by molar-refractivity contribution is 0.146. The van der Waals surface area contributed by atoms with Crippen LogP contribution in [0, 0.1) is 6.92 Å². The predicted molar refractivity (Wildman–Crippen MR) is 73.4 cm³/mol. The van der Waals surface area contributed by atoms with Gasteiger partial charge in [0.1, 0.15) is 5.75 Å². The lowest BCUT2D eigenvalue weighted by Gasteiger charge is -2.07. The lowest BCUT2D eigenvalue weighted by Crippen LogP contribution is -2.17. The lowest BCUT2D eigenvalue weighted by atomic mass is 10.3. The van der Waals surface area contributed by atoms with E-state index in [2.05, 4.69) is 10.3 Å². The summed E-state index contributed by atoms with van der Waals surface area (Å²) in [6.07, 6.45) is 0.972. The molecule has 0 aromatic carbocycles. The van der Waals surface area contributed by atoms with Gasteiger partial charge in [0.05, 0.1) is 19.4 Å². The van der Waals surface area contributed by atoms with Crippen molar-refractivity contribution in [3.8, 4) is 5.75 Å². The molecular formula is C13H21ClN2O2. The van der Waals surface area contributed by atoms with Crippen molar-refractivity contribution in [3.63, 3.8) is 0 Å². The number of nitrogens with zero attached hydrogens (tertiary/aromatic N) is 1. The van der Waals surface area contributed by atoms with Crippen molar-refractivity contribution < 1.29 is 9.47 Å². The van der Waals surface area contributed by atoms with Gasteiger partial charge in [-0.15, -0.1) is 11.6 Å². The molecule has 0 aliphatic heterocycles. The first kappa shape index (κ1) is 15.2. The minimum Gasteiger partial charge on any atom is -0.497 e. The molecule has 0 bridgehead atoms. The number of halogens is 1. The summed E-state index contributed by atoms with van der Waals surface area (Å²) in [7, 11) is 1.67. The molecule has 1 aromatic rings. The number of hydrogen-bond acceptors (Lipinski definition) is 4. The van der Waals surface area contributed by atoms with Gasteiger partial charge >= 0.3 is 0 Å². The zero-order valence-electron chi connectivity index (χ0n) is 11.0. The van der Waals surface area contributed by atoms with E-state index in [1.807, 2.05) is 19.1 Å². The van der Waals surface area contributed by atoms with Gasteiger partial charge in [-0.05, 0) is 19.9 Å². The van der Waals surface area contributed by atoms with Gasteiger partial charge in [-0.1, -0.05) is 0 Å². The fourth-order valence-corrected chi connectivity index (χ4v) is 1.69. The van der Waals surface area contributed by atoms with Crippen LogP contribution in [0.4, 0.5) is 0 Å². The Labute approximate surface area is 114 Å². The smallest absolute Gasteiger partial charge is 0.122 e. The van der Waals surface area contributed by atoms with E-state index in [9.17, 15) is 0 Å². The highest BCUT2D eigenvalue weighted by Gasteiger charge is 2.00. The molecule has 0 fully saturated rings. The van der Waals surface area contributed by atoms with Crippen molar-refractivity contribution in [2.45, 2.75) is 19.9 Å². The van der Waals surface area contributed by atoms with Crippen LogP contribution in [0.25, 0.3) is 0 Å². The summed E-state index contributed by atoms with van der Waals surface area (Å²) in [4.78, 5) is 4.44. The average Bonchev–Trinajstić information content (AvgIpc) is 2.37. The molecule has 1 rings (SSSR count). The van der Waals surface area contributed by atoms with Crippen molar-refractivity contribution in [3.05, 3.63) is 23.5 Å². The maximum Gasteiger partial charge on any atom is 0.122 e. The van der Waals surface area contributed by atoms with Crippen molar-refractivity contribution in [2.24, 2.45) is 0 Å². The third-order valence-electron chi connectivity index (χ3n) is 2.39. The molecule has 0 radical (unpaired) electrons. The summed E-state index contributed by atoms with van der Waals surface area (Å²) in [5.74, 6) is 1.41. The monoisotopic (exact) mass is 272 g/mol. The molecule has 0 aliphatic rings. The normalized spacial score (nSPS) is 10.6. The number of aryl methyl sites for hydroxylation is 1. The summed E-state index contributed by atoms with van der Waals surface area (Å²) < 4.78 is 10.5. The highest BCUT2D eigenvalue weighted by Crippen LogP contribution is 2.12. The van der Waals surface area contributed by atoms with Gasteiger partial charge in [0.15, 0.2) is 0 Å². The van der Waals surface area contributed by atoms with E-state index in [-0.39, 0.29) is 0 Å². The molecule has 0 spiro atoms. The SMILES string of the molecule is COc1cc(C)nc(CNCCCOCCCl)c1. The van der Waals surface area contributed by atoms with Crippen molar-refractivity contribution in [2.75, 3.05) is 32.7 Å². The van der Waals surface area contributed by atoms with Crippen LogP contribution in [0.2, 0.25) is 0 Å². The summed E-state index contributed by atoms with van der Waals surface area (Å²) in [5.41, 5.74) is 1.96. The number of nitrogens with one attached hydrogen (secondary N) is 1. The van der Waals surface area contributed by atoms with E-state index in [1.165, 1.54) is 0 Å². The molecule has 1 heterocycles. The Morgan fingerprint density at radius 3 is 2.89 bits per heavy atom. The predicted octanol–water partition coefficient (Wildman–Crippen LogP) is 2.13. The number of pyridine rings is 1. The molecule has 102 valence electrons. The molecule has 0 saturated carbocycles. The summed E-state index contributed by atoms with van der Waals surface area (Å²) in [5, 5.41) is 3.33. The maximum absolute atomic E-state index is 5.50. The molecule has 0 saturated heterocycles. The number of aromatic nitrogens is 1.